The Morgan fingerprint density at radius 2 is 2.55 bits per heavy atom. The number of aromatic nitrogens is 2. The van der Waals surface area contributed by atoms with E-state index in [-0.39, 0.29) is 0 Å². The number of aldehydes is 1. The van der Waals surface area contributed by atoms with E-state index in [1.165, 1.54) is 6.26 Å². The molecule has 0 aliphatic rings. The molecule has 0 aliphatic heterocycles. The maximum absolute atomic E-state index is 10.5. The van der Waals surface area contributed by atoms with E-state index < -0.39 is 0 Å². The van der Waals surface area contributed by atoms with Gasteiger partial charge in [-0.25, -0.2) is 4.52 Å². The Kier molecular flexibility index (Phi) is 1.09. The van der Waals surface area contributed by atoms with Crippen LogP contribution in [0.1, 0.15) is 16.1 Å². The highest BCUT2D eigenvalue weighted by Crippen LogP contribution is 2.12. The molecule has 11 heavy (non-hydrogen) atoms. The van der Waals surface area contributed by atoms with Crippen LogP contribution in [0.3, 0.4) is 0 Å². The summed E-state index contributed by atoms with van der Waals surface area (Å²) < 4.78 is 6.57. The Morgan fingerprint density at radius 3 is 3.27 bits per heavy atom. The van der Waals surface area contributed by atoms with E-state index in [1.807, 2.05) is 0 Å². The minimum Gasteiger partial charge on any atom is -0.444 e. The average molecular weight is 150 g/mol. The first-order valence-corrected chi connectivity index (χ1v) is 3.20. The van der Waals surface area contributed by atoms with Crippen molar-refractivity contribution < 1.29 is 9.21 Å². The predicted octanol–water partition coefficient (Wildman–Crippen LogP) is 1.05. The molecule has 0 unspecified atom stereocenters. The first kappa shape index (κ1) is 6.15. The van der Waals surface area contributed by atoms with Gasteiger partial charge < -0.3 is 4.42 Å². The van der Waals surface area contributed by atoms with Gasteiger partial charge in [0.05, 0.1) is 17.5 Å². The maximum atomic E-state index is 10.5. The number of hydrogen-bond acceptors (Lipinski definition) is 3. The highest BCUT2D eigenvalue weighted by Gasteiger charge is 2.09. The number of hydrogen-bond donors (Lipinski definition) is 0. The molecule has 0 aliphatic carbocycles. The molecule has 2 heterocycles. The largest absolute Gasteiger partial charge is 0.444 e. The van der Waals surface area contributed by atoms with Gasteiger partial charge in [0.15, 0.2) is 6.29 Å². The summed E-state index contributed by atoms with van der Waals surface area (Å²) in [5, 5.41) is 4.04. The molecule has 0 spiro atoms. The second-order valence-corrected chi connectivity index (χ2v) is 2.27. The van der Waals surface area contributed by atoms with Gasteiger partial charge in [-0.15, -0.1) is 0 Å². The van der Waals surface area contributed by atoms with Gasteiger partial charge >= 0.3 is 0 Å². The fraction of sp³-hybridized carbons (Fsp3) is 0.143. The number of oxazole rings is 1. The fourth-order valence-corrected chi connectivity index (χ4v) is 1.05. The molecule has 0 N–H and O–H groups in total. The van der Waals surface area contributed by atoms with E-state index in [2.05, 4.69) is 5.10 Å². The van der Waals surface area contributed by atoms with Crippen LogP contribution < -0.4 is 0 Å². The van der Waals surface area contributed by atoms with Crippen molar-refractivity contribution in [2.45, 2.75) is 6.92 Å². The van der Waals surface area contributed by atoms with Crippen LogP contribution in [0.25, 0.3) is 5.71 Å². The van der Waals surface area contributed by atoms with Crippen LogP contribution in [0.5, 0.6) is 0 Å². The molecule has 2 aromatic rings. The van der Waals surface area contributed by atoms with Crippen molar-refractivity contribution in [3.8, 4) is 0 Å². The normalized spacial score (nSPS) is 10.6. The molecule has 4 nitrogen and oxygen atoms in total. The molecule has 56 valence electrons. The third-order valence-electron chi connectivity index (χ3n) is 1.59. The number of carbonyl (C=O) groups is 1. The quantitative estimate of drug-likeness (QED) is 0.571. The molecule has 2 aromatic heterocycles. The summed E-state index contributed by atoms with van der Waals surface area (Å²) in [5.74, 6) is 0. The summed E-state index contributed by atoms with van der Waals surface area (Å²) in [5.41, 5.74) is 1.73. The lowest BCUT2D eigenvalue weighted by molar-refractivity contribution is 0.112. The van der Waals surface area contributed by atoms with Gasteiger partial charge in [0.2, 0.25) is 5.71 Å². The summed E-state index contributed by atoms with van der Waals surface area (Å²) in [6.07, 6.45) is 3.91. The van der Waals surface area contributed by atoms with Crippen molar-refractivity contribution in [3.63, 3.8) is 0 Å². The first-order chi connectivity index (χ1) is 5.33. The summed E-state index contributed by atoms with van der Waals surface area (Å²) in [6, 6.07) is 0. The van der Waals surface area contributed by atoms with Crippen LogP contribution in [0, 0.1) is 6.92 Å². The molecule has 0 aromatic carbocycles. The predicted molar refractivity (Wildman–Crippen MR) is 37.6 cm³/mol. The van der Waals surface area contributed by atoms with Gasteiger partial charge in [-0.1, -0.05) is 0 Å². The summed E-state index contributed by atoms with van der Waals surface area (Å²) in [6.45, 7) is 1.77. The zero-order chi connectivity index (χ0) is 7.84. The molecule has 0 saturated carbocycles. The van der Waals surface area contributed by atoms with E-state index in [0.29, 0.717) is 17.0 Å². The van der Waals surface area contributed by atoms with Crippen LogP contribution in [-0.4, -0.2) is 15.9 Å². The Bertz CT molecular complexity index is 399. The van der Waals surface area contributed by atoms with Gasteiger partial charge in [-0.2, -0.15) is 5.10 Å². The average Bonchev–Trinajstić information content (AvgIpc) is 2.46. The van der Waals surface area contributed by atoms with Crippen molar-refractivity contribution in [1.82, 2.24) is 9.61 Å². The summed E-state index contributed by atoms with van der Waals surface area (Å²) in [7, 11) is 0. The second-order valence-electron chi connectivity index (χ2n) is 2.27. The molecule has 0 amide bonds. The molecule has 0 atom stereocenters. The van der Waals surface area contributed by atoms with Crippen molar-refractivity contribution >= 4 is 12.0 Å². The number of fused-ring (bicyclic) bond motifs is 1. The second kappa shape index (κ2) is 1.95. The Balaban J connectivity index is 2.90. The fourth-order valence-electron chi connectivity index (χ4n) is 1.05. The third-order valence-corrected chi connectivity index (χ3v) is 1.59. The number of nitrogens with zero attached hydrogens (tertiary/aromatic N) is 2. The standard InChI is InChI=1S/C7H6N2O2/c1-5-6(4-10)7-9(8-5)2-3-11-7/h2-4H,1H3. The molecular weight excluding hydrogens is 144 g/mol. The van der Waals surface area contributed by atoms with E-state index >= 15 is 0 Å². The Labute approximate surface area is 62.4 Å². The number of rotatable bonds is 1. The Hall–Kier alpha value is -1.58. The van der Waals surface area contributed by atoms with Crippen molar-refractivity contribution in [1.29, 1.82) is 0 Å². The minimum absolute atomic E-state index is 0.512. The highest BCUT2D eigenvalue weighted by molar-refractivity contribution is 5.84. The minimum atomic E-state index is 0.512. The Morgan fingerprint density at radius 1 is 1.73 bits per heavy atom. The molecule has 0 fully saturated rings. The SMILES string of the molecule is Cc1nn2ccoc2c1C=O. The zero-order valence-corrected chi connectivity index (χ0v) is 5.94. The van der Waals surface area contributed by atoms with Crippen LogP contribution in [-0.2, 0) is 0 Å². The highest BCUT2D eigenvalue weighted by atomic mass is 16.3. The lowest BCUT2D eigenvalue weighted by atomic mass is 10.3. The molecule has 0 saturated heterocycles. The van der Waals surface area contributed by atoms with Gasteiger partial charge in [0, 0.05) is 0 Å². The van der Waals surface area contributed by atoms with Gasteiger partial charge in [0.25, 0.3) is 0 Å². The molecule has 0 radical (unpaired) electrons. The topological polar surface area (TPSA) is 47.5 Å². The lowest BCUT2D eigenvalue weighted by Gasteiger charge is -1.79. The smallest absolute Gasteiger partial charge is 0.232 e. The summed E-state index contributed by atoms with van der Waals surface area (Å²) in [4.78, 5) is 10.5. The first-order valence-electron chi connectivity index (χ1n) is 3.20. The molecule has 2 rings (SSSR count). The van der Waals surface area contributed by atoms with Gasteiger partial charge in [-0.05, 0) is 6.92 Å². The van der Waals surface area contributed by atoms with E-state index in [9.17, 15) is 4.79 Å². The van der Waals surface area contributed by atoms with Crippen LogP contribution >= 0.6 is 0 Å². The molecular formula is C7H6N2O2. The number of carbonyl (C=O) groups excluding carboxylic acids is 1. The lowest BCUT2D eigenvalue weighted by Crippen LogP contribution is -1.79. The molecule has 0 bridgehead atoms. The van der Waals surface area contributed by atoms with E-state index in [1.54, 1.807) is 17.6 Å². The molecule has 4 heteroatoms. The van der Waals surface area contributed by atoms with Crippen LogP contribution in [0.2, 0.25) is 0 Å². The van der Waals surface area contributed by atoms with Crippen molar-refractivity contribution in [2.75, 3.05) is 0 Å². The van der Waals surface area contributed by atoms with Gasteiger partial charge in [0.1, 0.15) is 6.26 Å². The van der Waals surface area contributed by atoms with Crippen LogP contribution in [0.4, 0.5) is 0 Å². The van der Waals surface area contributed by atoms with Crippen LogP contribution in [0.15, 0.2) is 16.9 Å². The monoisotopic (exact) mass is 150 g/mol. The summed E-state index contributed by atoms with van der Waals surface area (Å²) >= 11 is 0. The number of aryl methyl sites for hydroxylation is 1. The third kappa shape index (κ3) is 0.690. The van der Waals surface area contributed by atoms with Gasteiger partial charge in [-0.3, -0.25) is 4.79 Å². The maximum Gasteiger partial charge on any atom is 0.232 e. The van der Waals surface area contributed by atoms with Crippen molar-refractivity contribution in [3.05, 3.63) is 23.7 Å². The van der Waals surface area contributed by atoms with Crippen molar-refractivity contribution in [2.24, 2.45) is 0 Å². The van der Waals surface area contributed by atoms with E-state index in [4.69, 9.17) is 4.42 Å². The van der Waals surface area contributed by atoms with E-state index in [0.717, 1.165) is 6.29 Å². The zero-order valence-electron chi connectivity index (χ0n) is 5.94.